The van der Waals surface area contributed by atoms with E-state index in [-0.39, 0.29) is 18.7 Å². The van der Waals surface area contributed by atoms with Crippen LogP contribution < -0.4 is 25.6 Å². The number of rotatable bonds is 6. The van der Waals surface area contributed by atoms with Crippen molar-refractivity contribution in [3.05, 3.63) is 211 Å². The van der Waals surface area contributed by atoms with Gasteiger partial charge in [0, 0.05) is 51.4 Å². The molecule has 2 aliphatic carbocycles. The zero-order valence-corrected chi connectivity index (χ0v) is 31.2. The largest absolute Gasteiger partial charge is 0.471 e. The molecular formula is C51H40BN3O. The molecule has 0 saturated heterocycles. The first-order chi connectivity index (χ1) is 27.7. The van der Waals surface area contributed by atoms with E-state index in [1.165, 1.54) is 38.9 Å². The molecule has 4 nitrogen and oxygen atoms in total. The number of nitrogens with zero attached hydrogens (tertiary/aromatic N) is 3. The molecule has 0 radical (unpaired) electrons. The van der Waals surface area contributed by atoms with Crippen molar-refractivity contribution in [3.63, 3.8) is 0 Å². The van der Waals surface area contributed by atoms with Crippen LogP contribution in [0, 0.1) is 11.8 Å². The highest BCUT2D eigenvalue weighted by atomic mass is 16.5. The van der Waals surface area contributed by atoms with E-state index in [0.717, 1.165) is 46.4 Å². The summed E-state index contributed by atoms with van der Waals surface area (Å²) < 4.78 is 7.11. The number of para-hydroxylation sites is 3. The zero-order valence-electron chi connectivity index (χ0n) is 31.2. The number of ether oxygens (including phenoxy) is 1. The second-order valence-electron chi connectivity index (χ2n) is 15.3. The van der Waals surface area contributed by atoms with Gasteiger partial charge in [0.05, 0.1) is 0 Å². The third kappa shape index (κ3) is 5.22. The van der Waals surface area contributed by atoms with Crippen LogP contribution in [-0.2, 0) is 4.74 Å². The molecule has 3 atom stereocenters. The summed E-state index contributed by atoms with van der Waals surface area (Å²) in [5.74, 6) is 1.57. The first kappa shape index (κ1) is 32.7. The number of fused-ring (bicyclic) bond motifs is 5. The van der Waals surface area contributed by atoms with Crippen molar-refractivity contribution >= 4 is 68.7 Å². The topological polar surface area (TPSA) is 19.0 Å². The van der Waals surface area contributed by atoms with E-state index < -0.39 is 0 Å². The predicted molar refractivity (Wildman–Crippen MR) is 234 cm³/mol. The van der Waals surface area contributed by atoms with E-state index in [1.54, 1.807) is 0 Å². The average Bonchev–Trinajstić information content (AvgIpc) is 3.64. The molecule has 0 fully saturated rings. The lowest BCUT2D eigenvalue weighted by Gasteiger charge is -2.43. The SMILES string of the molecule is CC1C=C(c2cccc(N3C4=C(B5c6ccc(N(c7ccccc7)c7ccccc7)cc6N(c6ccccc6)c6cccc3c65)C3C=CC=CC3O4)c2)C=CC1. The number of hydrogen-bond donors (Lipinski definition) is 0. The Bertz CT molecular complexity index is 2610. The van der Waals surface area contributed by atoms with Crippen molar-refractivity contribution < 1.29 is 4.74 Å². The number of benzene rings is 6. The molecule has 6 aromatic rings. The Kier molecular flexibility index (Phi) is 7.73. The molecule has 0 saturated carbocycles. The molecule has 11 rings (SSSR count). The Labute approximate surface area is 329 Å². The number of hydrogen-bond acceptors (Lipinski definition) is 4. The van der Waals surface area contributed by atoms with Crippen molar-refractivity contribution in [2.75, 3.05) is 14.7 Å². The van der Waals surface area contributed by atoms with E-state index in [1.807, 2.05) is 0 Å². The fraction of sp³-hybridized carbons (Fsp3) is 0.0980. The molecule has 56 heavy (non-hydrogen) atoms. The van der Waals surface area contributed by atoms with Crippen molar-refractivity contribution in [3.8, 4) is 0 Å². The summed E-state index contributed by atoms with van der Waals surface area (Å²) in [5.41, 5.74) is 15.5. The van der Waals surface area contributed by atoms with Gasteiger partial charge in [-0.2, -0.15) is 0 Å². The molecule has 0 aromatic heterocycles. The monoisotopic (exact) mass is 721 g/mol. The molecule has 0 N–H and O–H groups in total. The van der Waals surface area contributed by atoms with Crippen LogP contribution in [0.25, 0.3) is 5.57 Å². The first-order valence-electron chi connectivity index (χ1n) is 19.8. The highest BCUT2D eigenvalue weighted by Gasteiger charge is 2.51. The fourth-order valence-corrected chi connectivity index (χ4v) is 9.44. The molecule has 5 heteroatoms. The minimum atomic E-state index is -0.0696. The summed E-state index contributed by atoms with van der Waals surface area (Å²) in [5, 5.41) is 0. The van der Waals surface area contributed by atoms with Crippen molar-refractivity contribution in [1.82, 2.24) is 0 Å². The van der Waals surface area contributed by atoms with Gasteiger partial charge in [-0.25, -0.2) is 0 Å². The van der Waals surface area contributed by atoms with Gasteiger partial charge in [-0.1, -0.05) is 122 Å². The minimum Gasteiger partial charge on any atom is -0.471 e. The van der Waals surface area contributed by atoms with Crippen LogP contribution in [0.3, 0.4) is 0 Å². The van der Waals surface area contributed by atoms with E-state index >= 15 is 0 Å². The van der Waals surface area contributed by atoms with Crippen LogP contribution in [-0.4, -0.2) is 12.8 Å². The lowest BCUT2D eigenvalue weighted by atomic mass is 9.31. The Morgan fingerprint density at radius 1 is 0.625 bits per heavy atom. The molecule has 6 aromatic carbocycles. The predicted octanol–water partition coefficient (Wildman–Crippen LogP) is 11.6. The summed E-state index contributed by atoms with van der Waals surface area (Å²) in [6, 6.07) is 55.1. The molecule has 3 unspecified atom stereocenters. The van der Waals surface area contributed by atoms with Gasteiger partial charge in [0.1, 0.15) is 6.10 Å². The second-order valence-corrected chi connectivity index (χ2v) is 15.3. The molecule has 3 aliphatic heterocycles. The van der Waals surface area contributed by atoms with Crippen LogP contribution >= 0.6 is 0 Å². The van der Waals surface area contributed by atoms with Gasteiger partial charge in [-0.3, -0.25) is 4.90 Å². The van der Waals surface area contributed by atoms with E-state index in [9.17, 15) is 0 Å². The summed E-state index contributed by atoms with van der Waals surface area (Å²) in [7, 11) is 0. The Morgan fingerprint density at radius 2 is 1.30 bits per heavy atom. The quantitative estimate of drug-likeness (QED) is 0.159. The molecule has 5 aliphatic rings. The lowest BCUT2D eigenvalue weighted by molar-refractivity contribution is 0.162. The van der Waals surface area contributed by atoms with E-state index in [0.29, 0.717) is 5.92 Å². The maximum absolute atomic E-state index is 7.11. The lowest BCUT2D eigenvalue weighted by Crippen LogP contribution is -2.56. The fourth-order valence-electron chi connectivity index (χ4n) is 9.44. The Hall–Kier alpha value is -6.72. The van der Waals surface area contributed by atoms with Crippen molar-refractivity contribution in [2.45, 2.75) is 19.4 Å². The summed E-state index contributed by atoms with van der Waals surface area (Å²) in [4.78, 5) is 7.24. The summed E-state index contributed by atoms with van der Waals surface area (Å²) >= 11 is 0. The van der Waals surface area contributed by atoms with Gasteiger partial charge in [0.2, 0.25) is 0 Å². The van der Waals surface area contributed by atoms with Crippen LogP contribution in [0.15, 0.2) is 206 Å². The van der Waals surface area contributed by atoms with Crippen LogP contribution in [0.4, 0.5) is 45.5 Å². The standard InChI is InChI=1S/C51H40BN3O/c1-35-16-13-17-36(32-35)37-18-14-25-41(33-37)55-46-28-15-27-45-50(46)52(49-43-26-11-12-29-48(43)56-51(49)55)44-31-30-42(34-47(44)54(45)40-23-9-4-10-24-40)53(38-19-5-2-6-20-38)39-21-7-3-8-22-39/h2-15,17-35,43,48H,16H2,1H3. The highest BCUT2D eigenvalue weighted by molar-refractivity contribution is 6.95. The maximum atomic E-state index is 7.11. The molecule has 268 valence electrons. The second kappa shape index (κ2) is 13.2. The maximum Gasteiger partial charge on any atom is 0.252 e. The molecule has 3 heterocycles. The van der Waals surface area contributed by atoms with E-state index in [4.69, 9.17) is 4.74 Å². The smallest absolute Gasteiger partial charge is 0.252 e. The van der Waals surface area contributed by atoms with Crippen molar-refractivity contribution in [2.24, 2.45) is 11.8 Å². The number of allylic oxidation sites excluding steroid dienone is 6. The Balaban J connectivity index is 1.15. The third-order valence-corrected chi connectivity index (χ3v) is 11.9. The molecule has 0 amide bonds. The summed E-state index contributed by atoms with van der Waals surface area (Å²) in [6.45, 7) is 2.29. The van der Waals surface area contributed by atoms with Crippen LogP contribution in [0.1, 0.15) is 18.9 Å². The van der Waals surface area contributed by atoms with Gasteiger partial charge in [0.15, 0.2) is 5.88 Å². The minimum absolute atomic E-state index is 0.00229. The van der Waals surface area contributed by atoms with Crippen LogP contribution in [0.5, 0.6) is 0 Å². The normalized spacial score (nSPS) is 19.8. The van der Waals surface area contributed by atoms with Gasteiger partial charge in [0.25, 0.3) is 6.71 Å². The first-order valence-corrected chi connectivity index (χ1v) is 19.8. The molecular weight excluding hydrogens is 681 g/mol. The van der Waals surface area contributed by atoms with Gasteiger partial charge < -0.3 is 14.5 Å². The average molecular weight is 722 g/mol. The van der Waals surface area contributed by atoms with Gasteiger partial charge >= 0.3 is 0 Å². The third-order valence-electron chi connectivity index (χ3n) is 11.9. The molecule has 0 spiro atoms. The van der Waals surface area contributed by atoms with Crippen molar-refractivity contribution in [1.29, 1.82) is 0 Å². The van der Waals surface area contributed by atoms with Gasteiger partial charge in [-0.05, 0) is 119 Å². The van der Waals surface area contributed by atoms with E-state index in [2.05, 4.69) is 216 Å². The summed E-state index contributed by atoms with van der Waals surface area (Å²) in [6.07, 6.45) is 16.9. The zero-order chi connectivity index (χ0) is 37.2. The van der Waals surface area contributed by atoms with Crippen LogP contribution in [0.2, 0.25) is 0 Å². The van der Waals surface area contributed by atoms with Gasteiger partial charge in [-0.15, -0.1) is 0 Å². The number of anilines is 8. The Morgan fingerprint density at radius 3 is 2.05 bits per heavy atom. The molecule has 0 bridgehead atoms. The highest BCUT2D eigenvalue weighted by Crippen LogP contribution is 2.51.